The van der Waals surface area contributed by atoms with Gasteiger partial charge in [0.25, 0.3) is 0 Å². The summed E-state index contributed by atoms with van der Waals surface area (Å²) in [7, 11) is 4.68. The van der Waals surface area contributed by atoms with Gasteiger partial charge in [0.05, 0.1) is 32.1 Å². The molecule has 0 aliphatic rings. The quantitative estimate of drug-likeness (QED) is 0.559. The van der Waals surface area contributed by atoms with Crippen molar-refractivity contribution >= 4 is 0 Å². The molecule has 19 heavy (non-hydrogen) atoms. The molecule has 3 N–H and O–H groups in total. The summed E-state index contributed by atoms with van der Waals surface area (Å²) in [6.07, 6.45) is 2.27. The number of aromatic nitrogens is 2. The molecule has 1 aromatic heterocycles. The normalized spacial score (nSPS) is 15.7. The zero-order valence-electron chi connectivity index (χ0n) is 12.1. The highest BCUT2D eigenvalue weighted by Gasteiger charge is 2.36. The molecule has 7 heteroatoms. The smallest absolute Gasteiger partial charge is 0.240 e. The molecule has 2 atom stereocenters. The maximum atomic E-state index is 5.65. The molecule has 0 spiro atoms. The lowest BCUT2D eigenvalue weighted by Crippen LogP contribution is -2.46. The van der Waals surface area contributed by atoms with Crippen LogP contribution in [0.1, 0.15) is 32.0 Å². The van der Waals surface area contributed by atoms with Crippen molar-refractivity contribution in [2.24, 2.45) is 5.84 Å². The second-order valence-electron chi connectivity index (χ2n) is 4.28. The first-order valence-corrected chi connectivity index (χ1v) is 6.02. The number of hydrogen-bond donors (Lipinski definition) is 2. The maximum Gasteiger partial charge on any atom is 0.240 e. The first-order valence-electron chi connectivity index (χ1n) is 6.02. The van der Waals surface area contributed by atoms with Gasteiger partial charge < -0.3 is 14.2 Å². The van der Waals surface area contributed by atoms with Crippen molar-refractivity contribution < 1.29 is 14.2 Å². The van der Waals surface area contributed by atoms with E-state index in [1.54, 1.807) is 7.11 Å². The summed E-state index contributed by atoms with van der Waals surface area (Å²) in [4.78, 5) is 8.52. The zero-order valence-corrected chi connectivity index (χ0v) is 12.1. The van der Waals surface area contributed by atoms with E-state index in [0.29, 0.717) is 17.5 Å². The summed E-state index contributed by atoms with van der Waals surface area (Å²) in [5.41, 5.74) is 2.78. The number of nitrogens with one attached hydrogen (secondary N) is 1. The molecule has 0 saturated carbocycles. The van der Waals surface area contributed by atoms with Gasteiger partial charge in [0.1, 0.15) is 5.69 Å². The third-order valence-corrected chi connectivity index (χ3v) is 3.37. The number of ether oxygens (including phenoxy) is 3. The van der Waals surface area contributed by atoms with Gasteiger partial charge in [-0.2, -0.15) is 4.98 Å². The second-order valence-corrected chi connectivity index (χ2v) is 4.28. The van der Waals surface area contributed by atoms with Gasteiger partial charge in [-0.25, -0.2) is 10.4 Å². The lowest BCUT2D eigenvalue weighted by molar-refractivity contribution is -0.0319. The summed E-state index contributed by atoms with van der Waals surface area (Å²) >= 11 is 0. The van der Waals surface area contributed by atoms with Crippen LogP contribution in [-0.2, 0) is 4.74 Å². The van der Waals surface area contributed by atoms with E-state index < -0.39 is 5.60 Å². The predicted octanol–water partition coefficient (Wildman–Crippen LogP) is 0.813. The number of nitrogens with zero attached hydrogens (tertiary/aromatic N) is 2. The summed E-state index contributed by atoms with van der Waals surface area (Å²) in [6.45, 7) is 3.96. The van der Waals surface area contributed by atoms with Gasteiger partial charge in [0.15, 0.2) is 0 Å². The first-order chi connectivity index (χ1) is 9.06. The third kappa shape index (κ3) is 3.12. The fourth-order valence-corrected chi connectivity index (χ4v) is 1.82. The number of hydrazine groups is 1. The molecule has 1 heterocycles. The highest BCUT2D eigenvalue weighted by molar-refractivity contribution is 5.27. The standard InChI is InChI=1S/C12H22N4O3/c1-6-12(2,19-5)10(16-13)9-11(18-4)15-8(17-3)7-14-9/h7,10,16H,6,13H2,1-5H3. The van der Waals surface area contributed by atoms with E-state index in [0.717, 1.165) is 6.42 Å². The van der Waals surface area contributed by atoms with Crippen molar-refractivity contribution in [1.82, 2.24) is 15.4 Å². The minimum Gasteiger partial charge on any atom is -0.480 e. The van der Waals surface area contributed by atoms with Crippen LogP contribution in [0.15, 0.2) is 6.20 Å². The first kappa shape index (κ1) is 15.6. The van der Waals surface area contributed by atoms with E-state index in [2.05, 4.69) is 15.4 Å². The van der Waals surface area contributed by atoms with Crippen LogP contribution in [0.5, 0.6) is 11.8 Å². The largest absolute Gasteiger partial charge is 0.480 e. The van der Waals surface area contributed by atoms with Crippen LogP contribution < -0.4 is 20.7 Å². The molecule has 1 rings (SSSR count). The Kier molecular flexibility index (Phi) is 5.46. The van der Waals surface area contributed by atoms with Crippen molar-refractivity contribution in [3.63, 3.8) is 0 Å². The topological polar surface area (TPSA) is 91.5 Å². The Labute approximate surface area is 113 Å². The molecule has 0 amide bonds. The van der Waals surface area contributed by atoms with Gasteiger partial charge in [-0.1, -0.05) is 6.92 Å². The number of nitrogens with two attached hydrogens (primary N) is 1. The molecule has 108 valence electrons. The van der Waals surface area contributed by atoms with E-state index in [4.69, 9.17) is 20.1 Å². The Balaban J connectivity index is 3.25. The van der Waals surface area contributed by atoms with Gasteiger partial charge in [0.2, 0.25) is 11.8 Å². The highest BCUT2D eigenvalue weighted by Crippen LogP contribution is 2.34. The molecule has 1 aromatic rings. The summed E-state index contributed by atoms with van der Waals surface area (Å²) in [6, 6.07) is -0.351. The van der Waals surface area contributed by atoms with Crippen molar-refractivity contribution in [2.75, 3.05) is 21.3 Å². The molecule has 0 aliphatic heterocycles. The molecule has 0 aliphatic carbocycles. The molecule has 7 nitrogen and oxygen atoms in total. The maximum absolute atomic E-state index is 5.65. The van der Waals surface area contributed by atoms with Crippen LogP contribution in [0.3, 0.4) is 0 Å². The van der Waals surface area contributed by atoms with Crippen molar-refractivity contribution in [3.8, 4) is 11.8 Å². The van der Waals surface area contributed by atoms with Gasteiger partial charge >= 0.3 is 0 Å². The summed E-state index contributed by atoms with van der Waals surface area (Å²) in [5.74, 6) is 6.39. The zero-order chi connectivity index (χ0) is 14.5. The SMILES string of the molecule is CCC(C)(OC)C(NN)c1ncc(OC)nc1OC. The molecular weight excluding hydrogens is 248 g/mol. The van der Waals surface area contributed by atoms with E-state index in [-0.39, 0.29) is 6.04 Å². The van der Waals surface area contributed by atoms with Gasteiger partial charge in [-0.05, 0) is 13.3 Å². The summed E-state index contributed by atoms with van der Waals surface area (Å²) in [5, 5.41) is 0. The van der Waals surface area contributed by atoms with Gasteiger partial charge in [-0.15, -0.1) is 0 Å². The van der Waals surface area contributed by atoms with Crippen LogP contribution in [0, 0.1) is 0 Å². The minimum atomic E-state index is -0.523. The summed E-state index contributed by atoms with van der Waals surface area (Å²) < 4.78 is 15.8. The molecule has 2 unspecified atom stereocenters. The van der Waals surface area contributed by atoms with E-state index in [1.807, 2.05) is 13.8 Å². The lowest BCUT2D eigenvalue weighted by Gasteiger charge is -2.35. The Bertz CT molecular complexity index is 410. The van der Waals surface area contributed by atoms with Crippen molar-refractivity contribution in [1.29, 1.82) is 0 Å². The average molecular weight is 270 g/mol. The Morgan fingerprint density at radius 2 is 2.05 bits per heavy atom. The molecular formula is C12H22N4O3. The fraction of sp³-hybridized carbons (Fsp3) is 0.667. The van der Waals surface area contributed by atoms with E-state index >= 15 is 0 Å². The van der Waals surface area contributed by atoms with Crippen molar-refractivity contribution in [3.05, 3.63) is 11.9 Å². The van der Waals surface area contributed by atoms with Crippen LogP contribution >= 0.6 is 0 Å². The van der Waals surface area contributed by atoms with Crippen molar-refractivity contribution in [2.45, 2.75) is 31.9 Å². The number of rotatable bonds is 7. The Morgan fingerprint density at radius 1 is 1.37 bits per heavy atom. The lowest BCUT2D eigenvalue weighted by atomic mass is 9.91. The number of methoxy groups -OCH3 is 3. The number of hydrogen-bond acceptors (Lipinski definition) is 7. The molecule has 0 fully saturated rings. The van der Waals surface area contributed by atoms with E-state index in [9.17, 15) is 0 Å². The average Bonchev–Trinajstić information content (AvgIpc) is 2.47. The Hall–Kier alpha value is -1.44. The monoisotopic (exact) mass is 270 g/mol. The fourth-order valence-electron chi connectivity index (χ4n) is 1.82. The predicted molar refractivity (Wildman–Crippen MR) is 70.9 cm³/mol. The molecule has 0 bridgehead atoms. The van der Waals surface area contributed by atoms with Crippen LogP contribution in [0.2, 0.25) is 0 Å². The second kappa shape index (κ2) is 6.65. The third-order valence-electron chi connectivity index (χ3n) is 3.37. The molecule has 0 saturated heterocycles. The minimum absolute atomic E-state index is 0.351. The van der Waals surface area contributed by atoms with Crippen LogP contribution in [-0.4, -0.2) is 36.9 Å². The molecule has 0 radical (unpaired) electrons. The van der Waals surface area contributed by atoms with Gasteiger partial charge in [-0.3, -0.25) is 5.84 Å². The van der Waals surface area contributed by atoms with Crippen LogP contribution in [0.4, 0.5) is 0 Å². The van der Waals surface area contributed by atoms with Gasteiger partial charge in [0, 0.05) is 7.11 Å². The highest BCUT2D eigenvalue weighted by atomic mass is 16.5. The Morgan fingerprint density at radius 3 is 2.47 bits per heavy atom. The van der Waals surface area contributed by atoms with E-state index in [1.165, 1.54) is 20.4 Å². The van der Waals surface area contributed by atoms with Crippen LogP contribution in [0.25, 0.3) is 0 Å². The molecule has 0 aromatic carbocycles.